The summed E-state index contributed by atoms with van der Waals surface area (Å²) in [6, 6.07) is 13.0. The van der Waals surface area contributed by atoms with E-state index in [2.05, 4.69) is 5.32 Å². The summed E-state index contributed by atoms with van der Waals surface area (Å²) in [5.74, 6) is 2.52. The van der Waals surface area contributed by atoms with E-state index in [9.17, 15) is 4.79 Å². The number of nitrogens with one attached hydrogen (secondary N) is 1. The van der Waals surface area contributed by atoms with Crippen LogP contribution in [-0.2, 0) is 11.2 Å². The van der Waals surface area contributed by atoms with Crippen LogP contribution in [-0.4, -0.2) is 39.9 Å². The Morgan fingerprint density at radius 1 is 0.963 bits per heavy atom. The van der Waals surface area contributed by atoms with Crippen LogP contribution >= 0.6 is 0 Å². The lowest BCUT2D eigenvalue weighted by atomic mass is 10.1. The molecule has 0 fully saturated rings. The Morgan fingerprint density at radius 2 is 1.70 bits per heavy atom. The number of rotatable bonds is 10. The van der Waals surface area contributed by atoms with Gasteiger partial charge >= 0.3 is 0 Å². The van der Waals surface area contributed by atoms with Gasteiger partial charge in [-0.15, -0.1) is 0 Å². The molecule has 1 atom stereocenters. The lowest BCUT2D eigenvalue weighted by Gasteiger charge is -2.18. The summed E-state index contributed by atoms with van der Waals surface area (Å²) in [5.41, 5.74) is 1.05. The number of carbonyl (C=O) groups is 1. The summed E-state index contributed by atoms with van der Waals surface area (Å²) in [6.45, 7) is 2.42. The molecule has 0 unspecified atom stereocenters. The molecule has 0 aromatic heterocycles. The second-order valence-corrected chi connectivity index (χ2v) is 5.92. The summed E-state index contributed by atoms with van der Waals surface area (Å²) in [4.78, 5) is 12.4. The quantitative estimate of drug-likeness (QED) is 0.693. The van der Waals surface area contributed by atoms with Crippen molar-refractivity contribution in [2.24, 2.45) is 0 Å². The van der Waals surface area contributed by atoms with Crippen molar-refractivity contribution >= 4 is 5.91 Å². The van der Waals surface area contributed by atoms with Gasteiger partial charge in [0.25, 0.3) is 5.91 Å². The molecule has 0 radical (unpaired) electrons. The van der Waals surface area contributed by atoms with E-state index in [1.54, 1.807) is 27.4 Å². The van der Waals surface area contributed by atoms with E-state index in [0.717, 1.165) is 5.56 Å². The molecule has 0 spiro atoms. The molecule has 0 aliphatic rings. The molecule has 6 nitrogen and oxygen atoms in total. The minimum atomic E-state index is -0.553. The number of hydrogen-bond donors (Lipinski definition) is 1. The Kier molecular flexibility index (Phi) is 7.79. The van der Waals surface area contributed by atoms with Crippen molar-refractivity contribution in [3.63, 3.8) is 0 Å². The molecule has 1 amide bonds. The van der Waals surface area contributed by atoms with Crippen LogP contribution < -0.4 is 24.3 Å². The lowest BCUT2D eigenvalue weighted by molar-refractivity contribution is -0.128. The van der Waals surface area contributed by atoms with Crippen molar-refractivity contribution in [1.29, 1.82) is 0 Å². The highest BCUT2D eigenvalue weighted by atomic mass is 16.5. The first kappa shape index (κ1) is 20.4. The van der Waals surface area contributed by atoms with Crippen molar-refractivity contribution in [3.05, 3.63) is 48.0 Å². The second-order valence-electron chi connectivity index (χ2n) is 5.92. The maximum absolute atomic E-state index is 12.4. The van der Waals surface area contributed by atoms with Crippen LogP contribution in [0.4, 0.5) is 0 Å². The normalized spacial score (nSPS) is 11.4. The van der Waals surface area contributed by atoms with Crippen molar-refractivity contribution in [2.75, 3.05) is 27.9 Å². The fourth-order valence-corrected chi connectivity index (χ4v) is 2.64. The van der Waals surface area contributed by atoms with Gasteiger partial charge in [0.2, 0.25) is 0 Å². The lowest BCUT2D eigenvalue weighted by Crippen LogP contribution is -2.38. The van der Waals surface area contributed by atoms with E-state index in [4.69, 9.17) is 18.9 Å². The number of benzene rings is 2. The summed E-state index contributed by atoms with van der Waals surface area (Å²) in [5, 5.41) is 2.93. The second kappa shape index (κ2) is 10.3. The molecule has 0 saturated heterocycles. The molecule has 6 heteroatoms. The summed E-state index contributed by atoms with van der Waals surface area (Å²) in [6.07, 6.45) is 0.698. The Labute approximate surface area is 160 Å². The average molecular weight is 373 g/mol. The largest absolute Gasteiger partial charge is 0.497 e. The van der Waals surface area contributed by atoms with Crippen LogP contribution in [0, 0.1) is 0 Å². The van der Waals surface area contributed by atoms with Crippen LogP contribution in [0.15, 0.2) is 42.5 Å². The number of ether oxygens (including phenoxy) is 4. The smallest absolute Gasteiger partial charge is 0.261 e. The number of hydrogen-bond acceptors (Lipinski definition) is 5. The molecule has 0 aliphatic carbocycles. The zero-order valence-corrected chi connectivity index (χ0v) is 16.3. The van der Waals surface area contributed by atoms with Crippen molar-refractivity contribution < 1.29 is 23.7 Å². The molecule has 27 heavy (non-hydrogen) atoms. The molecule has 2 rings (SSSR count). The maximum Gasteiger partial charge on any atom is 0.261 e. The van der Waals surface area contributed by atoms with E-state index in [1.165, 1.54) is 0 Å². The van der Waals surface area contributed by atoms with E-state index < -0.39 is 6.10 Å². The van der Waals surface area contributed by atoms with Gasteiger partial charge in [-0.2, -0.15) is 0 Å². The van der Waals surface area contributed by atoms with Crippen LogP contribution in [0.25, 0.3) is 0 Å². The van der Waals surface area contributed by atoms with Gasteiger partial charge in [0, 0.05) is 12.6 Å². The van der Waals surface area contributed by atoms with Gasteiger partial charge in [-0.1, -0.05) is 19.1 Å². The SMILES string of the molecule is CC[C@H](Oc1cccc(OC)c1)C(=O)NCCc1ccc(OC)c(OC)c1. The van der Waals surface area contributed by atoms with Gasteiger partial charge in [0.1, 0.15) is 11.5 Å². The van der Waals surface area contributed by atoms with Gasteiger partial charge in [-0.3, -0.25) is 4.79 Å². The first-order chi connectivity index (χ1) is 13.1. The fourth-order valence-electron chi connectivity index (χ4n) is 2.64. The van der Waals surface area contributed by atoms with Crippen LogP contribution in [0.3, 0.4) is 0 Å². The zero-order chi connectivity index (χ0) is 19.6. The third-order valence-corrected chi connectivity index (χ3v) is 4.14. The Hall–Kier alpha value is -2.89. The molecular formula is C21H27NO5. The highest BCUT2D eigenvalue weighted by Crippen LogP contribution is 2.27. The molecule has 2 aromatic rings. The molecular weight excluding hydrogens is 346 g/mol. The molecule has 1 N–H and O–H groups in total. The molecule has 2 aromatic carbocycles. The van der Waals surface area contributed by atoms with E-state index in [1.807, 2.05) is 43.3 Å². The predicted molar refractivity (Wildman–Crippen MR) is 104 cm³/mol. The van der Waals surface area contributed by atoms with Crippen molar-refractivity contribution in [1.82, 2.24) is 5.32 Å². The summed E-state index contributed by atoms with van der Waals surface area (Å²) in [7, 11) is 4.80. The third-order valence-electron chi connectivity index (χ3n) is 4.14. The van der Waals surface area contributed by atoms with Crippen LogP contribution in [0.1, 0.15) is 18.9 Å². The zero-order valence-electron chi connectivity index (χ0n) is 16.3. The monoisotopic (exact) mass is 373 g/mol. The molecule has 0 bridgehead atoms. The molecule has 146 valence electrons. The fraction of sp³-hybridized carbons (Fsp3) is 0.381. The van der Waals surface area contributed by atoms with Crippen LogP contribution in [0.5, 0.6) is 23.0 Å². The minimum Gasteiger partial charge on any atom is -0.497 e. The Morgan fingerprint density at radius 3 is 2.37 bits per heavy atom. The summed E-state index contributed by atoms with van der Waals surface area (Å²) >= 11 is 0. The van der Waals surface area contributed by atoms with Crippen LogP contribution in [0.2, 0.25) is 0 Å². The first-order valence-electron chi connectivity index (χ1n) is 8.90. The van der Waals surface area contributed by atoms with E-state index in [0.29, 0.717) is 42.4 Å². The van der Waals surface area contributed by atoms with E-state index >= 15 is 0 Å². The minimum absolute atomic E-state index is 0.138. The molecule has 0 aliphatic heterocycles. The maximum atomic E-state index is 12.4. The first-order valence-corrected chi connectivity index (χ1v) is 8.90. The number of amides is 1. The van der Waals surface area contributed by atoms with Gasteiger partial charge < -0.3 is 24.3 Å². The predicted octanol–water partition coefficient (Wildman–Crippen LogP) is 3.23. The van der Waals surface area contributed by atoms with Gasteiger partial charge in [-0.25, -0.2) is 0 Å². The number of carbonyl (C=O) groups excluding carboxylic acids is 1. The topological polar surface area (TPSA) is 66.0 Å². The van der Waals surface area contributed by atoms with Crippen molar-refractivity contribution in [2.45, 2.75) is 25.9 Å². The average Bonchev–Trinajstić information content (AvgIpc) is 2.71. The highest BCUT2D eigenvalue weighted by molar-refractivity contribution is 5.81. The molecule has 0 saturated carbocycles. The summed E-state index contributed by atoms with van der Waals surface area (Å²) < 4.78 is 21.5. The Bertz CT molecular complexity index is 747. The van der Waals surface area contributed by atoms with Gasteiger partial charge in [0.15, 0.2) is 17.6 Å². The van der Waals surface area contributed by atoms with E-state index in [-0.39, 0.29) is 5.91 Å². The van der Waals surface area contributed by atoms with Gasteiger partial charge in [0.05, 0.1) is 21.3 Å². The number of methoxy groups -OCH3 is 3. The Balaban J connectivity index is 1.89. The molecule has 0 heterocycles. The third kappa shape index (κ3) is 5.81. The standard InChI is InChI=1S/C21H27NO5/c1-5-18(27-17-8-6-7-16(14-17)24-2)21(23)22-12-11-15-9-10-19(25-3)20(13-15)26-4/h6-10,13-14,18H,5,11-12H2,1-4H3,(H,22,23)/t18-/m0/s1. The van der Waals surface area contributed by atoms with Crippen molar-refractivity contribution in [3.8, 4) is 23.0 Å². The van der Waals surface area contributed by atoms with Gasteiger partial charge in [-0.05, 0) is 42.7 Å². The highest BCUT2D eigenvalue weighted by Gasteiger charge is 2.18.